The number of thiol groups is 1. The van der Waals surface area contributed by atoms with Gasteiger partial charge in [-0.05, 0) is 23.6 Å². The highest BCUT2D eigenvalue weighted by Gasteiger charge is 2.31. The molecule has 0 aliphatic rings. The number of aromatic hydroxyl groups is 1. The Balaban J connectivity index is 2.85. The standard InChI is InChI=1S/C20H30N4O7S/c1-10(2)16(24-17(27)13(21)9-32)19(29)23-15(8-25)18(28)22-14(20(30)31)7-11-3-5-12(26)6-4-11/h3-6,10,13-16,25-26,32H,7-9,21H2,1-2H3,(H,22,28)(H,23,29)(H,24,27)(H,30,31). The number of phenols is 1. The second-order valence-corrected chi connectivity index (χ2v) is 7.90. The van der Waals surface area contributed by atoms with Crippen molar-refractivity contribution in [2.75, 3.05) is 12.4 Å². The van der Waals surface area contributed by atoms with Crippen LogP contribution in [0.5, 0.6) is 5.75 Å². The third kappa shape index (κ3) is 8.36. The van der Waals surface area contributed by atoms with Gasteiger partial charge in [0.25, 0.3) is 0 Å². The number of nitrogens with one attached hydrogen (secondary N) is 3. The molecule has 0 aliphatic carbocycles. The highest BCUT2D eigenvalue weighted by molar-refractivity contribution is 7.80. The van der Waals surface area contributed by atoms with Crippen molar-refractivity contribution in [3.8, 4) is 5.75 Å². The molecule has 4 unspecified atom stereocenters. The van der Waals surface area contributed by atoms with Crippen LogP contribution < -0.4 is 21.7 Å². The Bertz CT molecular complexity index is 804. The number of carbonyl (C=O) groups is 4. The predicted octanol–water partition coefficient (Wildman–Crippen LogP) is -1.62. The van der Waals surface area contributed by atoms with Crippen molar-refractivity contribution < 1.29 is 34.5 Å². The van der Waals surface area contributed by atoms with E-state index in [0.29, 0.717) is 5.56 Å². The monoisotopic (exact) mass is 470 g/mol. The summed E-state index contributed by atoms with van der Waals surface area (Å²) in [5, 5.41) is 35.4. The fourth-order valence-corrected chi connectivity index (χ4v) is 2.84. The van der Waals surface area contributed by atoms with E-state index in [1.54, 1.807) is 13.8 Å². The van der Waals surface area contributed by atoms with Crippen LogP contribution in [0.15, 0.2) is 24.3 Å². The molecule has 4 atom stereocenters. The first kappa shape index (κ1) is 27.2. The molecule has 0 saturated heterocycles. The first-order chi connectivity index (χ1) is 15.0. The maximum Gasteiger partial charge on any atom is 0.326 e. The average molecular weight is 471 g/mol. The summed E-state index contributed by atoms with van der Waals surface area (Å²) in [6.45, 7) is 2.55. The molecule has 12 heteroatoms. The number of carboxylic acids is 1. The normalized spacial score (nSPS) is 14.7. The molecule has 1 aromatic rings. The van der Waals surface area contributed by atoms with Gasteiger partial charge in [0.05, 0.1) is 12.6 Å². The Morgan fingerprint density at radius 2 is 1.53 bits per heavy atom. The van der Waals surface area contributed by atoms with Gasteiger partial charge in [-0.3, -0.25) is 14.4 Å². The van der Waals surface area contributed by atoms with Crippen molar-refractivity contribution in [2.45, 2.75) is 44.4 Å². The number of phenolic OH excluding ortho intramolecular Hbond substituents is 1. The Labute approximate surface area is 191 Å². The van der Waals surface area contributed by atoms with Crippen molar-refractivity contribution in [2.24, 2.45) is 11.7 Å². The summed E-state index contributed by atoms with van der Waals surface area (Å²) in [6, 6.07) is 1.03. The van der Waals surface area contributed by atoms with Gasteiger partial charge in [-0.1, -0.05) is 26.0 Å². The number of rotatable bonds is 12. The molecule has 0 fully saturated rings. The van der Waals surface area contributed by atoms with Gasteiger partial charge in [0.15, 0.2) is 0 Å². The smallest absolute Gasteiger partial charge is 0.326 e. The lowest BCUT2D eigenvalue weighted by Crippen LogP contribution is -2.59. The molecule has 0 bridgehead atoms. The van der Waals surface area contributed by atoms with E-state index >= 15 is 0 Å². The van der Waals surface area contributed by atoms with Crippen LogP contribution in [0.2, 0.25) is 0 Å². The van der Waals surface area contributed by atoms with E-state index in [9.17, 15) is 34.5 Å². The molecule has 0 saturated carbocycles. The number of nitrogens with two attached hydrogens (primary N) is 1. The zero-order valence-electron chi connectivity index (χ0n) is 17.8. The number of amides is 3. The fourth-order valence-electron chi connectivity index (χ4n) is 2.67. The van der Waals surface area contributed by atoms with Crippen molar-refractivity contribution in [3.05, 3.63) is 29.8 Å². The van der Waals surface area contributed by atoms with Crippen LogP contribution in [-0.2, 0) is 25.6 Å². The van der Waals surface area contributed by atoms with Crippen LogP contribution in [0.3, 0.4) is 0 Å². The van der Waals surface area contributed by atoms with Crippen molar-refractivity contribution in [1.82, 2.24) is 16.0 Å². The van der Waals surface area contributed by atoms with Gasteiger partial charge < -0.3 is 37.0 Å². The van der Waals surface area contributed by atoms with Gasteiger partial charge in [-0.25, -0.2) is 4.79 Å². The number of aliphatic hydroxyl groups excluding tert-OH is 1. The van der Waals surface area contributed by atoms with Crippen molar-refractivity contribution in [3.63, 3.8) is 0 Å². The van der Waals surface area contributed by atoms with Gasteiger partial charge >= 0.3 is 5.97 Å². The molecular formula is C20H30N4O7S. The van der Waals surface area contributed by atoms with E-state index in [0.717, 1.165) is 0 Å². The largest absolute Gasteiger partial charge is 0.508 e. The third-order valence-electron chi connectivity index (χ3n) is 4.59. The molecule has 0 heterocycles. The molecule has 178 valence electrons. The summed E-state index contributed by atoms with van der Waals surface area (Å²) >= 11 is 3.93. The highest BCUT2D eigenvalue weighted by Crippen LogP contribution is 2.11. The second kappa shape index (κ2) is 12.9. The SMILES string of the molecule is CC(C)C(NC(=O)C(N)CS)C(=O)NC(CO)C(=O)NC(Cc1ccc(O)cc1)C(=O)O. The number of aliphatic carboxylic acids is 1. The summed E-state index contributed by atoms with van der Waals surface area (Å²) in [5.41, 5.74) is 6.15. The van der Waals surface area contributed by atoms with Gasteiger partial charge in [-0.15, -0.1) is 0 Å². The number of hydrogen-bond donors (Lipinski definition) is 8. The topological polar surface area (TPSA) is 191 Å². The lowest BCUT2D eigenvalue weighted by molar-refractivity contribution is -0.142. The number of carbonyl (C=O) groups excluding carboxylic acids is 3. The van der Waals surface area contributed by atoms with Gasteiger partial charge in [-0.2, -0.15) is 12.6 Å². The average Bonchev–Trinajstić information content (AvgIpc) is 2.75. The van der Waals surface area contributed by atoms with Crippen LogP contribution in [0.25, 0.3) is 0 Å². The maximum atomic E-state index is 12.6. The van der Waals surface area contributed by atoms with Crippen LogP contribution in [0, 0.1) is 5.92 Å². The Kier molecular flexibility index (Phi) is 11.0. The zero-order valence-corrected chi connectivity index (χ0v) is 18.7. The first-order valence-electron chi connectivity index (χ1n) is 9.89. The number of carboxylic acid groups (broad SMARTS) is 1. The molecule has 3 amide bonds. The molecule has 0 aliphatic heterocycles. The number of hydrogen-bond acceptors (Lipinski definition) is 8. The molecule has 11 nitrogen and oxygen atoms in total. The summed E-state index contributed by atoms with van der Waals surface area (Å²) in [6.07, 6.45) is -0.0836. The molecule has 1 aromatic carbocycles. The zero-order chi connectivity index (χ0) is 24.4. The number of benzene rings is 1. The summed E-state index contributed by atoms with van der Waals surface area (Å²) in [7, 11) is 0. The molecule has 8 N–H and O–H groups in total. The second-order valence-electron chi connectivity index (χ2n) is 7.53. The van der Waals surface area contributed by atoms with E-state index < -0.39 is 54.5 Å². The van der Waals surface area contributed by atoms with E-state index in [1.807, 2.05) is 0 Å². The first-order valence-corrected chi connectivity index (χ1v) is 10.5. The quantitative estimate of drug-likeness (QED) is 0.167. The highest BCUT2D eigenvalue weighted by atomic mass is 32.1. The Morgan fingerprint density at radius 3 is 2.00 bits per heavy atom. The van der Waals surface area contributed by atoms with E-state index in [-0.39, 0.29) is 23.8 Å². The van der Waals surface area contributed by atoms with Gasteiger partial charge in [0, 0.05) is 12.2 Å². The lowest BCUT2D eigenvalue weighted by Gasteiger charge is -2.26. The Morgan fingerprint density at radius 1 is 0.969 bits per heavy atom. The van der Waals surface area contributed by atoms with Gasteiger partial charge in [0.2, 0.25) is 17.7 Å². The summed E-state index contributed by atoms with van der Waals surface area (Å²) in [5.74, 6) is -3.85. The fraction of sp³-hybridized carbons (Fsp3) is 0.500. The lowest BCUT2D eigenvalue weighted by atomic mass is 10.0. The van der Waals surface area contributed by atoms with Crippen LogP contribution in [-0.4, -0.2) is 75.5 Å². The van der Waals surface area contributed by atoms with Crippen molar-refractivity contribution in [1.29, 1.82) is 0 Å². The molecule has 0 radical (unpaired) electrons. The maximum absolute atomic E-state index is 12.6. The van der Waals surface area contributed by atoms with Crippen LogP contribution >= 0.6 is 12.6 Å². The van der Waals surface area contributed by atoms with Crippen molar-refractivity contribution >= 4 is 36.3 Å². The minimum atomic E-state index is -1.44. The molecule has 0 aromatic heterocycles. The predicted molar refractivity (Wildman–Crippen MR) is 119 cm³/mol. The molecule has 0 spiro atoms. The molecule has 32 heavy (non-hydrogen) atoms. The van der Waals surface area contributed by atoms with Gasteiger partial charge in [0.1, 0.15) is 23.9 Å². The summed E-state index contributed by atoms with van der Waals surface area (Å²) in [4.78, 5) is 48.8. The van der Waals surface area contributed by atoms with E-state index in [1.165, 1.54) is 24.3 Å². The third-order valence-corrected chi connectivity index (χ3v) is 4.98. The minimum absolute atomic E-state index is 0.00911. The van der Waals surface area contributed by atoms with Crippen LogP contribution in [0.4, 0.5) is 0 Å². The molecule has 1 rings (SSSR count). The van der Waals surface area contributed by atoms with E-state index in [2.05, 4.69) is 28.6 Å². The van der Waals surface area contributed by atoms with Crippen LogP contribution in [0.1, 0.15) is 19.4 Å². The Hall–Kier alpha value is -2.83. The molecular weight excluding hydrogens is 440 g/mol. The minimum Gasteiger partial charge on any atom is -0.508 e. The number of aliphatic hydroxyl groups is 1. The summed E-state index contributed by atoms with van der Waals surface area (Å²) < 4.78 is 0. The van der Waals surface area contributed by atoms with E-state index in [4.69, 9.17) is 5.73 Å².